The van der Waals surface area contributed by atoms with Crippen molar-refractivity contribution in [2.24, 2.45) is 0 Å². The summed E-state index contributed by atoms with van der Waals surface area (Å²) in [6, 6.07) is 5.47. The number of aliphatic hydroxyl groups is 1. The third kappa shape index (κ3) is 3.71. The van der Waals surface area contributed by atoms with E-state index in [1.165, 1.54) is 6.08 Å². The molecule has 3 atom stereocenters. The SMILES string of the molecule is CNC(=O)C1CCc2cc(O/C(=C/C=N)c3[nH]cc(C(=O)N4CC(O)C4C)c3C)ccc21. The third-order valence-corrected chi connectivity index (χ3v) is 6.53. The van der Waals surface area contributed by atoms with E-state index in [2.05, 4.69) is 10.3 Å². The van der Waals surface area contributed by atoms with E-state index in [0.717, 1.165) is 35.7 Å². The van der Waals surface area contributed by atoms with Crippen LogP contribution in [0.1, 0.15) is 52.0 Å². The lowest BCUT2D eigenvalue weighted by Gasteiger charge is -2.43. The average Bonchev–Trinajstić information content (AvgIpc) is 3.39. The van der Waals surface area contributed by atoms with E-state index in [1.54, 1.807) is 18.1 Å². The third-order valence-electron chi connectivity index (χ3n) is 6.53. The highest BCUT2D eigenvalue weighted by molar-refractivity contribution is 5.98. The minimum absolute atomic E-state index is 0.0186. The second-order valence-electron chi connectivity index (χ2n) is 8.33. The molecule has 0 spiro atoms. The molecule has 0 bridgehead atoms. The number of benzene rings is 1. The summed E-state index contributed by atoms with van der Waals surface area (Å²) in [5, 5.41) is 20.0. The number of likely N-dealkylation sites (N-methyl/N-ethyl adjacent to an activating group) is 1. The summed E-state index contributed by atoms with van der Waals surface area (Å²) in [6.45, 7) is 3.98. The molecule has 1 fully saturated rings. The average molecular weight is 437 g/mol. The molecule has 8 heteroatoms. The van der Waals surface area contributed by atoms with Gasteiger partial charge in [0.2, 0.25) is 5.91 Å². The number of carbonyl (C=O) groups is 2. The summed E-state index contributed by atoms with van der Waals surface area (Å²) in [5.41, 5.74) is 3.95. The highest BCUT2D eigenvalue weighted by Crippen LogP contribution is 2.36. The van der Waals surface area contributed by atoms with Gasteiger partial charge in [-0.05, 0) is 55.5 Å². The van der Waals surface area contributed by atoms with Gasteiger partial charge in [-0.25, -0.2) is 0 Å². The monoisotopic (exact) mass is 436 g/mol. The molecule has 4 rings (SSSR count). The van der Waals surface area contributed by atoms with E-state index in [9.17, 15) is 14.7 Å². The Kier molecular flexibility index (Phi) is 5.88. The van der Waals surface area contributed by atoms with Gasteiger partial charge in [-0.15, -0.1) is 0 Å². The topological polar surface area (TPSA) is 119 Å². The van der Waals surface area contributed by atoms with Gasteiger partial charge in [0, 0.05) is 32.1 Å². The van der Waals surface area contributed by atoms with Gasteiger partial charge in [0.1, 0.15) is 5.75 Å². The van der Waals surface area contributed by atoms with Crippen LogP contribution in [0.3, 0.4) is 0 Å². The number of aromatic amines is 1. The van der Waals surface area contributed by atoms with E-state index in [1.807, 2.05) is 32.0 Å². The van der Waals surface area contributed by atoms with Gasteiger partial charge in [0.25, 0.3) is 5.91 Å². The lowest BCUT2D eigenvalue weighted by Crippen LogP contribution is -2.60. The van der Waals surface area contributed by atoms with Crippen LogP contribution in [-0.4, -0.2) is 58.8 Å². The number of hydrogen-bond acceptors (Lipinski definition) is 5. The normalized spacial score (nSPS) is 22.2. The number of nitrogens with zero attached hydrogens (tertiary/aromatic N) is 1. The van der Waals surface area contributed by atoms with Crippen LogP contribution in [0.25, 0.3) is 5.76 Å². The molecule has 0 radical (unpaired) electrons. The first kappa shape index (κ1) is 21.8. The lowest BCUT2D eigenvalue weighted by atomic mass is 9.99. The van der Waals surface area contributed by atoms with Crippen molar-refractivity contribution in [3.05, 3.63) is 58.4 Å². The predicted molar refractivity (Wildman–Crippen MR) is 121 cm³/mol. The minimum Gasteiger partial charge on any atom is -0.455 e. The predicted octanol–water partition coefficient (Wildman–Crippen LogP) is 2.37. The Labute approximate surface area is 186 Å². The molecule has 32 heavy (non-hydrogen) atoms. The standard InChI is InChI=1S/C24H28N4O4/c1-13-19(24(31)28-12-20(29)14(28)2)11-27-22(13)21(8-9-25)32-16-5-7-17-15(10-16)4-6-18(17)23(30)26-3/h5,7-11,14,18,20,25,27,29H,4,6,12H2,1-3H3,(H,26,30)/b21-8+,25-9?. The van der Waals surface area contributed by atoms with Gasteiger partial charge in [0.15, 0.2) is 5.76 Å². The van der Waals surface area contributed by atoms with Crippen molar-refractivity contribution in [2.45, 2.75) is 44.8 Å². The molecule has 1 saturated heterocycles. The quantitative estimate of drug-likeness (QED) is 0.411. The summed E-state index contributed by atoms with van der Waals surface area (Å²) < 4.78 is 6.11. The Balaban J connectivity index is 1.57. The van der Waals surface area contributed by atoms with Gasteiger partial charge >= 0.3 is 0 Å². The summed E-state index contributed by atoms with van der Waals surface area (Å²) >= 11 is 0. The Morgan fingerprint density at radius 3 is 2.81 bits per heavy atom. The van der Waals surface area contributed by atoms with Crippen LogP contribution < -0.4 is 10.1 Å². The molecule has 2 heterocycles. The number of likely N-dealkylation sites (tertiary alicyclic amines) is 1. The number of hydrogen-bond donors (Lipinski definition) is 4. The zero-order valence-corrected chi connectivity index (χ0v) is 18.4. The number of carbonyl (C=O) groups excluding carboxylic acids is 2. The fraction of sp³-hybridized carbons (Fsp3) is 0.375. The zero-order valence-electron chi connectivity index (χ0n) is 18.4. The molecule has 168 valence electrons. The van der Waals surface area contributed by atoms with Crippen LogP contribution in [0, 0.1) is 12.3 Å². The second kappa shape index (κ2) is 8.63. The molecular formula is C24H28N4O4. The first-order valence-corrected chi connectivity index (χ1v) is 10.8. The van der Waals surface area contributed by atoms with Crippen LogP contribution in [0.15, 0.2) is 30.5 Å². The van der Waals surface area contributed by atoms with Gasteiger partial charge in [0.05, 0.1) is 29.3 Å². The smallest absolute Gasteiger partial charge is 0.256 e. The number of aryl methyl sites for hydroxylation is 1. The molecule has 1 aliphatic heterocycles. The van der Waals surface area contributed by atoms with Crippen molar-refractivity contribution in [1.82, 2.24) is 15.2 Å². The maximum atomic E-state index is 12.9. The van der Waals surface area contributed by atoms with Crippen LogP contribution in [0.2, 0.25) is 0 Å². The van der Waals surface area contributed by atoms with Crippen molar-refractivity contribution in [3.8, 4) is 5.75 Å². The first-order chi connectivity index (χ1) is 15.3. The van der Waals surface area contributed by atoms with E-state index in [4.69, 9.17) is 10.1 Å². The van der Waals surface area contributed by atoms with E-state index < -0.39 is 6.10 Å². The fourth-order valence-electron chi connectivity index (χ4n) is 4.46. The molecule has 3 unspecified atom stereocenters. The highest BCUT2D eigenvalue weighted by Gasteiger charge is 2.38. The Hall–Kier alpha value is -3.39. The molecule has 2 aliphatic rings. The number of nitrogens with one attached hydrogen (secondary N) is 3. The van der Waals surface area contributed by atoms with Crippen molar-refractivity contribution in [2.75, 3.05) is 13.6 Å². The van der Waals surface area contributed by atoms with Crippen LogP contribution in [0.5, 0.6) is 5.75 Å². The second-order valence-corrected chi connectivity index (χ2v) is 8.33. The summed E-state index contributed by atoms with van der Waals surface area (Å²) in [6.07, 6.45) is 5.39. The van der Waals surface area contributed by atoms with Gasteiger partial charge in [-0.1, -0.05) is 6.07 Å². The van der Waals surface area contributed by atoms with E-state index >= 15 is 0 Å². The number of allylic oxidation sites excluding steroid dienone is 1. The van der Waals surface area contributed by atoms with Gasteiger partial charge < -0.3 is 30.5 Å². The van der Waals surface area contributed by atoms with Crippen molar-refractivity contribution in [3.63, 3.8) is 0 Å². The molecule has 8 nitrogen and oxygen atoms in total. The van der Waals surface area contributed by atoms with Gasteiger partial charge in [-0.3, -0.25) is 9.59 Å². The minimum atomic E-state index is -0.489. The lowest BCUT2D eigenvalue weighted by molar-refractivity contribution is -0.122. The number of β-amino-alcohol motifs (C(OH)–C–C–N with tert-alkyl or cyclic N) is 1. The van der Waals surface area contributed by atoms with E-state index in [0.29, 0.717) is 29.3 Å². The summed E-state index contributed by atoms with van der Waals surface area (Å²) in [7, 11) is 1.65. The van der Waals surface area contributed by atoms with Crippen LogP contribution in [0.4, 0.5) is 0 Å². The highest BCUT2D eigenvalue weighted by atomic mass is 16.5. The van der Waals surface area contributed by atoms with Crippen LogP contribution >= 0.6 is 0 Å². The molecule has 4 N–H and O–H groups in total. The van der Waals surface area contributed by atoms with Crippen molar-refractivity contribution in [1.29, 1.82) is 5.41 Å². The fourth-order valence-corrected chi connectivity index (χ4v) is 4.46. The van der Waals surface area contributed by atoms with Crippen molar-refractivity contribution < 1.29 is 19.4 Å². The number of H-pyrrole nitrogens is 1. The molecule has 1 aromatic carbocycles. The Bertz CT molecular complexity index is 1100. The summed E-state index contributed by atoms with van der Waals surface area (Å²) in [5.74, 6) is 0.770. The number of amides is 2. The van der Waals surface area contributed by atoms with Gasteiger partial charge in [-0.2, -0.15) is 0 Å². The molecular weight excluding hydrogens is 408 g/mol. The number of fused-ring (bicyclic) bond motifs is 1. The Morgan fingerprint density at radius 2 is 2.16 bits per heavy atom. The maximum absolute atomic E-state index is 12.9. The number of aliphatic hydroxyl groups excluding tert-OH is 1. The molecule has 1 aromatic heterocycles. The van der Waals surface area contributed by atoms with Crippen molar-refractivity contribution >= 4 is 23.8 Å². The number of ether oxygens (including phenoxy) is 1. The Morgan fingerprint density at radius 1 is 1.38 bits per heavy atom. The molecule has 0 saturated carbocycles. The largest absolute Gasteiger partial charge is 0.455 e. The zero-order chi connectivity index (χ0) is 23.0. The number of rotatable bonds is 6. The molecule has 1 aliphatic carbocycles. The van der Waals surface area contributed by atoms with Crippen LogP contribution in [-0.2, 0) is 11.2 Å². The molecule has 2 amide bonds. The molecule has 2 aromatic rings. The maximum Gasteiger partial charge on any atom is 0.256 e. The number of aromatic nitrogens is 1. The van der Waals surface area contributed by atoms with E-state index in [-0.39, 0.29) is 23.8 Å². The summed E-state index contributed by atoms with van der Waals surface area (Å²) in [4.78, 5) is 29.7. The first-order valence-electron chi connectivity index (χ1n) is 10.8.